The molecule has 0 aliphatic rings. The zero-order chi connectivity index (χ0) is 13.1. The van der Waals surface area contributed by atoms with Crippen molar-refractivity contribution in [2.45, 2.75) is 39.3 Å². The summed E-state index contributed by atoms with van der Waals surface area (Å²) in [4.78, 5) is 22.0. The van der Waals surface area contributed by atoms with Crippen molar-refractivity contribution in [1.82, 2.24) is 9.78 Å². The van der Waals surface area contributed by atoms with Crippen LogP contribution >= 0.6 is 0 Å². The number of carbonyl (C=O) groups is 2. The average molecular weight is 240 g/mol. The fraction of sp³-hybridized carbons (Fsp3) is 0.545. The van der Waals surface area contributed by atoms with E-state index in [1.165, 1.54) is 10.7 Å². The van der Waals surface area contributed by atoms with E-state index in [1.807, 2.05) is 0 Å². The van der Waals surface area contributed by atoms with Crippen molar-refractivity contribution >= 4 is 11.9 Å². The van der Waals surface area contributed by atoms with Gasteiger partial charge in [0, 0.05) is 6.20 Å². The van der Waals surface area contributed by atoms with Crippen LogP contribution in [0.3, 0.4) is 0 Å². The van der Waals surface area contributed by atoms with Gasteiger partial charge in [0.1, 0.15) is 5.60 Å². The molecule has 0 amide bonds. The number of ether oxygens (including phenoxy) is 1. The molecule has 0 spiro atoms. The van der Waals surface area contributed by atoms with Gasteiger partial charge in [0.25, 0.3) is 0 Å². The Morgan fingerprint density at radius 2 is 2.12 bits per heavy atom. The Kier molecular flexibility index (Phi) is 3.88. The minimum Gasteiger partial charge on any atom is -0.481 e. The van der Waals surface area contributed by atoms with Gasteiger partial charge in [-0.3, -0.25) is 9.48 Å². The lowest BCUT2D eigenvalue weighted by Gasteiger charge is -2.18. The van der Waals surface area contributed by atoms with Crippen molar-refractivity contribution in [3.63, 3.8) is 0 Å². The molecule has 0 radical (unpaired) electrons. The fourth-order valence-corrected chi connectivity index (χ4v) is 1.14. The predicted octanol–water partition coefficient (Wildman–Crippen LogP) is 1.31. The molecule has 1 rings (SSSR count). The average Bonchev–Trinajstić information content (AvgIpc) is 2.60. The van der Waals surface area contributed by atoms with E-state index in [0.29, 0.717) is 0 Å². The first kappa shape index (κ1) is 13.2. The number of hydrogen-bond acceptors (Lipinski definition) is 4. The Hall–Kier alpha value is -1.85. The molecule has 0 saturated carbocycles. The Labute approximate surface area is 99.2 Å². The zero-order valence-electron chi connectivity index (χ0n) is 10.1. The smallest absolute Gasteiger partial charge is 0.359 e. The van der Waals surface area contributed by atoms with Crippen molar-refractivity contribution in [2.75, 3.05) is 0 Å². The van der Waals surface area contributed by atoms with Crippen molar-refractivity contribution in [2.24, 2.45) is 0 Å². The number of rotatable bonds is 4. The van der Waals surface area contributed by atoms with E-state index in [9.17, 15) is 9.59 Å². The minimum atomic E-state index is -0.903. The van der Waals surface area contributed by atoms with Crippen molar-refractivity contribution in [3.8, 4) is 0 Å². The highest BCUT2D eigenvalue weighted by Gasteiger charge is 2.19. The molecule has 0 aromatic carbocycles. The largest absolute Gasteiger partial charge is 0.481 e. The number of aromatic nitrogens is 2. The Morgan fingerprint density at radius 3 is 2.65 bits per heavy atom. The van der Waals surface area contributed by atoms with Gasteiger partial charge in [-0.1, -0.05) is 0 Å². The van der Waals surface area contributed by atoms with E-state index in [0.717, 1.165) is 0 Å². The van der Waals surface area contributed by atoms with Gasteiger partial charge >= 0.3 is 11.9 Å². The van der Waals surface area contributed by atoms with Gasteiger partial charge in [-0.05, 0) is 26.8 Å². The van der Waals surface area contributed by atoms with Crippen LogP contribution in [-0.2, 0) is 16.1 Å². The van der Waals surface area contributed by atoms with Crippen LogP contribution in [0.2, 0.25) is 0 Å². The SMILES string of the molecule is CC(C)(C)OC(=O)c1ccn(CCC(=O)O)n1. The number of aliphatic carboxylic acids is 1. The Balaban J connectivity index is 2.61. The highest BCUT2D eigenvalue weighted by atomic mass is 16.6. The van der Waals surface area contributed by atoms with E-state index < -0.39 is 17.5 Å². The summed E-state index contributed by atoms with van der Waals surface area (Å²) < 4.78 is 6.54. The number of carbonyl (C=O) groups excluding carboxylic acids is 1. The third kappa shape index (κ3) is 4.67. The second kappa shape index (κ2) is 4.99. The quantitative estimate of drug-likeness (QED) is 0.802. The first-order chi connectivity index (χ1) is 7.78. The molecule has 6 nitrogen and oxygen atoms in total. The van der Waals surface area contributed by atoms with Crippen molar-refractivity contribution in [1.29, 1.82) is 0 Å². The first-order valence-electron chi connectivity index (χ1n) is 5.26. The van der Waals surface area contributed by atoms with E-state index in [1.54, 1.807) is 27.0 Å². The maximum absolute atomic E-state index is 11.6. The van der Waals surface area contributed by atoms with Crippen LogP contribution in [0.15, 0.2) is 12.3 Å². The number of hydrogen-bond donors (Lipinski definition) is 1. The molecule has 0 bridgehead atoms. The molecular formula is C11H16N2O4. The standard InChI is InChI=1S/C11H16N2O4/c1-11(2,3)17-10(16)8-4-6-13(12-8)7-5-9(14)15/h4,6H,5,7H2,1-3H3,(H,14,15). The molecule has 17 heavy (non-hydrogen) atoms. The molecule has 1 N–H and O–H groups in total. The summed E-state index contributed by atoms with van der Waals surface area (Å²) in [6, 6.07) is 1.51. The molecular weight excluding hydrogens is 224 g/mol. The van der Waals surface area contributed by atoms with Crippen molar-refractivity contribution in [3.05, 3.63) is 18.0 Å². The van der Waals surface area contributed by atoms with Gasteiger partial charge in [0.15, 0.2) is 5.69 Å². The van der Waals surface area contributed by atoms with Crippen LogP contribution in [0.5, 0.6) is 0 Å². The van der Waals surface area contributed by atoms with Crippen LogP contribution < -0.4 is 0 Å². The van der Waals surface area contributed by atoms with E-state index >= 15 is 0 Å². The van der Waals surface area contributed by atoms with Gasteiger partial charge in [-0.25, -0.2) is 4.79 Å². The highest BCUT2D eigenvalue weighted by Crippen LogP contribution is 2.10. The van der Waals surface area contributed by atoms with E-state index in [4.69, 9.17) is 9.84 Å². The molecule has 1 heterocycles. The normalized spacial score (nSPS) is 11.2. The third-order valence-electron chi connectivity index (χ3n) is 1.80. The summed E-state index contributed by atoms with van der Waals surface area (Å²) in [5.41, 5.74) is -0.382. The summed E-state index contributed by atoms with van der Waals surface area (Å²) in [5.74, 6) is -1.41. The van der Waals surface area contributed by atoms with E-state index in [2.05, 4.69) is 5.10 Å². The molecule has 1 aromatic heterocycles. The van der Waals surface area contributed by atoms with Crippen LogP contribution in [0.4, 0.5) is 0 Å². The van der Waals surface area contributed by atoms with E-state index in [-0.39, 0.29) is 18.7 Å². The Morgan fingerprint density at radius 1 is 1.47 bits per heavy atom. The molecule has 0 fully saturated rings. The summed E-state index contributed by atoms with van der Waals surface area (Å²) in [6.07, 6.45) is 1.53. The summed E-state index contributed by atoms with van der Waals surface area (Å²) in [6.45, 7) is 5.54. The number of carboxylic acid groups (broad SMARTS) is 1. The van der Waals surface area contributed by atoms with Gasteiger partial charge < -0.3 is 9.84 Å². The van der Waals surface area contributed by atoms with Crippen LogP contribution in [0, 0.1) is 0 Å². The monoisotopic (exact) mass is 240 g/mol. The molecule has 94 valence electrons. The topological polar surface area (TPSA) is 81.4 Å². The first-order valence-corrected chi connectivity index (χ1v) is 5.26. The molecule has 1 aromatic rings. The number of nitrogens with zero attached hydrogens (tertiary/aromatic N) is 2. The highest BCUT2D eigenvalue weighted by molar-refractivity contribution is 5.87. The second-order valence-electron chi connectivity index (χ2n) is 4.61. The van der Waals surface area contributed by atoms with Gasteiger partial charge in [0.2, 0.25) is 0 Å². The fourth-order valence-electron chi connectivity index (χ4n) is 1.14. The second-order valence-corrected chi connectivity index (χ2v) is 4.61. The van der Waals surface area contributed by atoms with Gasteiger partial charge in [-0.2, -0.15) is 5.10 Å². The predicted molar refractivity (Wildman–Crippen MR) is 59.6 cm³/mol. The van der Waals surface area contributed by atoms with Gasteiger partial charge in [-0.15, -0.1) is 0 Å². The van der Waals surface area contributed by atoms with Crippen molar-refractivity contribution < 1.29 is 19.4 Å². The van der Waals surface area contributed by atoms with Crippen LogP contribution in [0.25, 0.3) is 0 Å². The third-order valence-corrected chi connectivity index (χ3v) is 1.80. The van der Waals surface area contributed by atoms with Gasteiger partial charge in [0.05, 0.1) is 13.0 Å². The lowest BCUT2D eigenvalue weighted by atomic mass is 10.2. The minimum absolute atomic E-state index is 0.0323. The molecule has 0 atom stereocenters. The summed E-state index contributed by atoms with van der Waals surface area (Å²) in [7, 11) is 0. The number of carboxylic acids is 1. The maximum Gasteiger partial charge on any atom is 0.359 e. The summed E-state index contributed by atoms with van der Waals surface area (Å²) >= 11 is 0. The van der Waals surface area contributed by atoms with Crippen LogP contribution in [-0.4, -0.2) is 32.4 Å². The lowest BCUT2D eigenvalue weighted by molar-refractivity contribution is -0.137. The molecule has 0 aliphatic heterocycles. The molecule has 6 heteroatoms. The van der Waals surface area contributed by atoms with Crippen LogP contribution in [0.1, 0.15) is 37.7 Å². The summed E-state index contributed by atoms with van der Waals surface area (Å²) in [5, 5.41) is 12.5. The molecule has 0 aliphatic carbocycles. The Bertz CT molecular complexity index is 417. The number of esters is 1. The lowest BCUT2D eigenvalue weighted by Crippen LogP contribution is -2.24. The zero-order valence-corrected chi connectivity index (χ0v) is 10.1. The molecule has 0 saturated heterocycles. The number of aryl methyl sites for hydroxylation is 1. The molecule has 0 unspecified atom stereocenters. The maximum atomic E-state index is 11.6.